The van der Waals surface area contributed by atoms with Gasteiger partial charge in [0, 0.05) is 12.0 Å². The molecule has 3 N–H and O–H groups in total. The van der Waals surface area contributed by atoms with E-state index in [1.165, 1.54) is 6.07 Å². The molecule has 0 saturated carbocycles. The fraction of sp³-hybridized carbons (Fsp3) is 0.538. The topological polar surface area (TPSA) is 38.0 Å². The smallest absolute Gasteiger partial charge is 0.330 e. The Morgan fingerprint density at radius 3 is 2.33 bits per heavy atom. The van der Waals surface area contributed by atoms with Crippen LogP contribution in [0.25, 0.3) is 0 Å². The standard InChI is InChI=1S/C13H17F3N2/c14-13(15,16)11-4-2-1-3-10(11)12(9-17)5-7-18-8-6-12/h1-4,18H,5-9,17H2. The molecule has 0 bridgehead atoms. The number of hydrogen-bond donors (Lipinski definition) is 2. The van der Waals surface area contributed by atoms with Crippen LogP contribution < -0.4 is 11.1 Å². The lowest BCUT2D eigenvalue weighted by Gasteiger charge is -2.38. The zero-order chi connectivity index (χ0) is 13.2. The predicted octanol–water partition coefficient (Wildman–Crippen LogP) is 2.29. The number of nitrogens with two attached hydrogens (primary N) is 1. The SMILES string of the molecule is NCC1(c2ccccc2C(F)(F)F)CCNCC1. The van der Waals surface area contributed by atoms with Crippen molar-refractivity contribution in [2.45, 2.75) is 24.4 Å². The van der Waals surface area contributed by atoms with Gasteiger partial charge in [0.2, 0.25) is 0 Å². The Morgan fingerprint density at radius 2 is 1.78 bits per heavy atom. The first-order chi connectivity index (χ1) is 8.49. The van der Waals surface area contributed by atoms with Crippen LogP contribution in [-0.2, 0) is 11.6 Å². The predicted molar refractivity (Wildman–Crippen MR) is 64.3 cm³/mol. The molecule has 0 amide bonds. The van der Waals surface area contributed by atoms with E-state index in [0.29, 0.717) is 31.5 Å². The molecule has 5 heteroatoms. The van der Waals surface area contributed by atoms with Crippen LogP contribution in [-0.4, -0.2) is 19.6 Å². The van der Waals surface area contributed by atoms with Gasteiger partial charge in [-0.15, -0.1) is 0 Å². The van der Waals surface area contributed by atoms with E-state index in [1.807, 2.05) is 0 Å². The van der Waals surface area contributed by atoms with Crippen molar-refractivity contribution in [3.63, 3.8) is 0 Å². The van der Waals surface area contributed by atoms with Gasteiger partial charge in [-0.2, -0.15) is 13.2 Å². The number of rotatable bonds is 2. The number of alkyl halides is 3. The zero-order valence-corrected chi connectivity index (χ0v) is 10.1. The first kappa shape index (κ1) is 13.4. The highest BCUT2D eigenvalue weighted by Gasteiger charge is 2.41. The molecule has 1 heterocycles. The normalized spacial score (nSPS) is 19.8. The Morgan fingerprint density at radius 1 is 1.17 bits per heavy atom. The molecule has 1 aliphatic rings. The lowest BCUT2D eigenvalue weighted by atomic mass is 9.71. The minimum atomic E-state index is -4.32. The molecule has 1 aliphatic heterocycles. The van der Waals surface area contributed by atoms with Crippen LogP contribution in [0.3, 0.4) is 0 Å². The van der Waals surface area contributed by atoms with Crippen molar-refractivity contribution in [2.24, 2.45) is 5.73 Å². The summed E-state index contributed by atoms with van der Waals surface area (Å²) in [5.74, 6) is 0. The van der Waals surface area contributed by atoms with Gasteiger partial charge >= 0.3 is 6.18 Å². The second kappa shape index (κ2) is 4.90. The molecular weight excluding hydrogens is 241 g/mol. The molecule has 2 rings (SSSR count). The molecule has 0 unspecified atom stereocenters. The van der Waals surface area contributed by atoms with Crippen molar-refractivity contribution in [1.29, 1.82) is 0 Å². The van der Waals surface area contributed by atoms with E-state index in [0.717, 1.165) is 6.07 Å². The van der Waals surface area contributed by atoms with Crippen molar-refractivity contribution in [3.8, 4) is 0 Å². The van der Waals surface area contributed by atoms with E-state index in [9.17, 15) is 13.2 Å². The third-order valence-corrected chi connectivity index (χ3v) is 3.76. The molecule has 0 aromatic heterocycles. The summed E-state index contributed by atoms with van der Waals surface area (Å²) in [4.78, 5) is 0. The average molecular weight is 258 g/mol. The molecule has 0 spiro atoms. The Kier molecular flexibility index (Phi) is 3.64. The molecule has 0 radical (unpaired) electrons. The number of nitrogens with one attached hydrogen (secondary N) is 1. The molecular formula is C13H17F3N2. The summed E-state index contributed by atoms with van der Waals surface area (Å²) >= 11 is 0. The summed E-state index contributed by atoms with van der Waals surface area (Å²) in [6, 6.07) is 5.80. The Labute approximate surface area is 104 Å². The van der Waals surface area contributed by atoms with Gasteiger partial charge in [0.05, 0.1) is 5.56 Å². The summed E-state index contributed by atoms with van der Waals surface area (Å²) in [6.45, 7) is 1.68. The Hall–Kier alpha value is -1.07. The molecule has 0 aliphatic carbocycles. The fourth-order valence-corrected chi connectivity index (χ4v) is 2.68. The third-order valence-electron chi connectivity index (χ3n) is 3.76. The number of hydrogen-bond acceptors (Lipinski definition) is 2. The maximum absolute atomic E-state index is 13.1. The first-order valence-electron chi connectivity index (χ1n) is 6.07. The van der Waals surface area contributed by atoms with Gasteiger partial charge in [-0.1, -0.05) is 18.2 Å². The van der Waals surface area contributed by atoms with E-state index >= 15 is 0 Å². The summed E-state index contributed by atoms with van der Waals surface area (Å²) in [7, 11) is 0. The summed E-state index contributed by atoms with van der Waals surface area (Å²) in [5.41, 5.74) is 5.05. The van der Waals surface area contributed by atoms with Crippen LogP contribution >= 0.6 is 0 Å². The van der Waals surface area contributed by atoms with Crippen LogP contribution in [0.5, 0.6) is 0 Å². The zero-order valence-electron chi connectivity index (χ0n) is 10.1. The van der Waals surface area contributed by atoms with E-state index in [1.54, 1.807) is 12.1 Å². The molecule has 0 atom stereocenters. The summed E-state index contributed by atoms with van der Waals surface area (Å²) < 4.78 is 39.2. The molecule has 2 nitrogen and oxygen atoms in total. The molecule has 18 heavy (non-hydrogen) atoms. The van der Waals surface area contributed by atoms with Gasteiger partial charge in [0.15, 0.2) is 0 Å². The number of piperidine rings is 1. The van der Waals surface area contributed by atoms with E-state index in [2.05, 4.69) is 5.32 Å². The van der Waals surface area contributed by atoms with Gasteiger partial charge in [0.1, 0.15) is 0 Å². The van der Waals surface area contributed by atoms with Gasteiger partial charge < -0.3 is 11.1 Å². The van der Waals surface area contributed by atoms with Gasteiger partial charge in [0.25, 0.3) is 0 Å². The highest BCUT2D eigenvalue weighted by molar-refractivity contribution is 5.37. The molecule has 1 fully saturated rings. The molecule has 1 saturated heterocycles. The number of benzene rings is 1. The van der Waals surface area contributed by atoms with Crippen molar-refractivity contribution in [1.82, 2.24) is 5.32 Å². The van der Waals surface area contributed by atoms with Crippen LogP contribution in [0.2, 0.25) is 0 Å². The van der Waals surface area contributed by atoms with Crippen molar-refractivity contribution in [2.75, 3.05) is 19.6 Å². The van der Waals surface area contributed by atoms with Crippen LogP contribution in [0, 0.1) is 0 Å². The van der Waals surface area contributed by atoms with E-state index < -0.39 is 17.2 Å². The highest BCUT2D eigenvalue weighted by atomic mass is 19.4. The minimum absolute atomic E-state index is 0.252. The maximum atomic E-state index is 13.1. The summed E-state index contributed by atoms with van der Waals surface area (Å²) in [6.07, 6.45) is -3.02. The van der Waals surface area contributed by atoms with Crippen molar-refractivity contribution in [3.05, 3.63) is 35.4 Å². The van der Waals surface area contributed by atoms with E-state index in [4.69, 9.17) is 5.73 Å². The van der Waals surface area contributed by atoms with Gasteiger partial charge in [-0.3, -0.25) is 0 Å². The van der Waals surface area contributed by atoms with Crippen LogP contribution in [0.4, 0.5) is 13.2 Å². The lowest BCUT2D eigenvalue weighted by molar-refractivity contribution is -0.138. The first-order valence-corrected chi connectivity index (χ1v) is 6.07. The van der Waals surface area contributed by atoms with Gasteiger partial charge in [-0.05, 0) is 37.6 Å². The van der Waals surface area contributed by atoms with Crippen LogP contribution in [0.1, 0.15) is 24.0 Å². The van der Waals surface area contributed by atoms with Crippen molar-refractivity contribution >= 4 is 0 Å². The second-order valence-electron chi connectivity index (χ2n) is 4.78. The van der Waals surface area contributed by atoms with Crippen LogP contribution in [0.15, 0.2) is 24.3 Å². The highest BCUT2D eigenvalue weighted by Crippen LogP contribution is 2.41. The Bertz CT molecular complexity index is 409. The second-order valence-corrected chi connectivity index (χ2v) is 4.78. The fourth-order valence-electron chi connectivity index (χ4n) is 2.68. The monoisotopic (exact) mass is 258 g/mol. The molecule has 100 valence electrons. The summed E-state index contributed by atoms with van der Waals surface area (Å²) in [5, 5.41) is 3.16. The average Bonchev–Trinajstić information content (AvgIpc) is 2.38. The van der Waals surface area contributed by atoms with Gasteiger partial charge in [-0.25, -0.2) is 0 Å². The lowest BCUT2D eigenvalue weighted by Crippen LogP contribution is -2.45. The number of halogens is 3. The Balaban J connectivity index is 2.48. The third kappa shape index (κ3) is 2.37. The quantitative estimate of drug-likeness (QED) is 0.854. The largest absolute Gasteiger partial charge is 0.416 e. The van der Waals surface area contributed by atoms with E-state index in [-0.39, 0.29) is 6.54 Å². The minimum Gasteiger partial charge on any atom is -0.330 e. The maximum Gasteiger partial charge on any atom is 0.416 e. The van der Waals surface area contributed by atoms with Crippen molar-refractivity contribution < 1.29 is 13.2 Å². The molecule has 1 aromatic carbocycles. The molecule has 1 aromatic rings.